The number of benzene rings is 1. The summed E-state index contributed by atoms with van der Waals surface area (Å²) in [5.74, 6) is 0.475. The normalized spacial score (nSPS) is 10.9. The third kappa shape index (κ3) is 3.43. The molecule has 0 aliphatic heterocycles. The quantitative estimate of drug-likeness (QED) is 0.723. The minimum Gasteiger partial charge on any atom is -0.481 e. The van der Waals surface area contributed by atoms with Gasteiger partial charge in [0.2, 0.25) is 0 Å². The average molecular weight is 348 g/mol. The van der Waals surface area contributed by atoms with E-state index < -0.39 is 5.97 Å². The van der Waals surface area contributed by atoms with Crippen LogP contribution in [0.1, 0.15) is 12.2 Å². The summed E-state index contributed by atoms with van der Waals surface area (Å²) < 4.78 is 0. The molecule has 0 aliphatic carbocycles. The first kappa shape index (κ1) is 15.7. The van der Waals surface area contributed by atoms with Crippen molar-refractivity contribution in [2.45, 2.75) is 13.3 Å². The number of anilines is 1. The number of fused-ring (bicyclic) bond motifs is 1. The van der Waals surface area contributed by atoms with Crippen LogP contribution in [-0.2, 0) is 4.79 Å². The highest BCUT2D eigenvalue weighted by atomic mass is 35.5. The van der Waals surface area contributed by atoms with Gasteiger partial charge in [-0.3, -0.25) is 4.79 Å². The van der Waals surface area contributed by atoms with E-state index in [4.69, 9.17) is 16.7 Å². The van der Waals surface area contributed by atoms with Crippen molar-refractivity contribution >= 4 is 44.9 Å². The smallest absolute Gasteiger partial charge is 0.305 e. The lowest BCUT2D eigenvalue weighted by molar-refractivity contribution is -0.136. The number of nitrogens with zero attached hydrogens (tertiary/aromatic N) is 2. The van der Waals surface area contributed by atoms with Crippen molar-refractivity contribution in [3.05, 3.63) is 40.5 Å². The summed E-state index contributed by atoms with van der Waals surface area (Å²) >= 11 is 7.49. The number of nitrogens with one attached hydrogen (secondary N) is 1. The van der Waals surface area contributed by atoms with Crippen molar-refractivity contribution in [2.75, 3.05) is 11.9 Å². The van der Waals surface area contributed by atoms with Crippen LogP contribution in [0.25, 0.3) is 21.3 Å². The fourth-order valence-corrected chi connectivity index (χ4v) is 3.42. The Balaban J connectivity index is 2.05. The van der Waals surface area contributed by atoms with Crippen molar-refractivity contribution in [3.63, 3.8) is 0 Å². The van der Waals surface area contributed by atoms with Gasteiger partial charge in [-0.05, 0) is 24.6 Å². The Hall–Kier alpha value is -2.18. The zero-order chi connectivity index (χ0) is 16.4. The van der Waals surface area contributed by atoms with Crippen LogP contribution in [0.15, 0.2) is 29.6 Å². The van der Waals surface area contributed by atoms with E-state index in [1.165, 1.54) is 0 Å². The summed E-state index contributed by atoms with van der Waals surface area (Å²) in [6.07, 6.45) is 0.0327. The number of carboxylic acid groups (broad SMARTS) is 1. The van der Waals surface area contributed by atoms with Gasteiger partial charge in [0.25, 0.3) is 0 Å². The predicted molar refractivity (Wildman–Crippen MR) is 93.3 cm³/mol. The topological polar surface area (TPSA) is 75.1 Å². The maximum absolute atomic E-state index is 10.7. The van der Waals surface area contributed by atoms with Gasteiger partial charge >= 0.3 is 5.97 Å². The van der Waals surface area contributed by atoms with E-state index >= 15 is 0 Å². The zero-order valence-corrected chi connectivity index (χ0v) is 13.9. The lowest BCUT2D eigenvalue weighted by Gasteiger charge is -2.08. The van der Waals surface area contributed by atoms with Crippen molar-refractivity contribution < 1.29 is 9.90 Å². The molecule has 0 fully saturated rings. The second kappa shape index (κ2) is 6.52. The minimum absolute atomic E-state index is 0.0327. The minimum atomic E-state index is -0.845. The Bertz CT molecular complexity index is 862. The fourth-order valence-electron chi connectivity index (χ4n) is 2.31. The Kier molecular flexibility index (Phi) is 4.45. The molecule has 0 saturated heterocycles. The molecule has 5 nitrogen and oxygen atoms in total. The molecule has 0 spiro atoms. The predicted octanol–water partition coefficient (Wildman–Crippen LogP) is 4.21. The van der Waals surface area contributed by atoms with Gasteiger partial charge in [-0.1, -0.05) is 23.7 Å². The van der Waals surface area contributed by atoms with Crippen LogP contribution < -0.4 is 5.32 Å². The monoisotopic (exact) mass is 347 g/mol. The first-order valence-electron chi connectivity index (χ1n) is 7.02. The Morgan fingerprint density at radius 1 is 1.30 bits per heavy atom. The number of thiophene rings is 1. The second-order valence-electron chi connectivity index (χ2n) is 5.03. The van der Waals surface area contributed by atoms with Crippen LogP contribution in [0, 0.1) is 6.92 Å². The molecule has 118 valence electrons. The van der Waals surface area contributed by atoms with Crippen LogP contribution >= 0.6 is 22.9 Å². The average Bonchev–Trinajstić information content (AvgIpc) is 2.91. The van der Waals surface area contributed by atoms with Gasteiger partial charge in [-0.25, -0.2) is 9.97 Å². The fraction of sp³-hybridized carbons (Fsp3) is 0.188. The molecule has 0 bridgehead atoms. The van der Waals surface area contributed by atoms with Gasteiger partial charge in [0.1, 0.15) is 16.5 Å². The summed E-state index contributed by atoms with van der Waals surface area (Å²) in [5.41, 5.74) is 2.04. The van der Waals surface area contributed by atoms with Crippen molar-refractivity contribution in [3.8, 4) is 11.1 Å². The van der Waals surface area contributed by atoms with E-state index in [1.54, 1.807) is 11.3 Å². The molecule has 3 aromatic rings. The summed E-state index contributed by atoms with van der Waals surface area (Å²) in [6.45, 7) is 2.14. The molecule has 0 radical (unpaired) electrons. The first-order chi connectivity index (χ1) is 11.0. The zero-order valence-electron chi connectivity index (χ0n) is 12.3. The van der Waals surface area contributed by atoms with Crippen LogP contribution in [0.4, 0.5) is 5.82 Å². The molecule has 7 heteroatoms. The van der Waals surface area contributed by atoms with Crippen LogP contribution in [0.3, 0.4) is 0 Å². The number of hydrogen-bond donors (Lipinski definition) is 2. The summed E-state index contributed by atoms with van der Waals surface area (Å²) in [4.78, 5) is 20.5. The van der Waals surface area contributed by atoms with Gasteiger partial charge in [0.15, 0.2) is 0 Å². The SMILES string of the molecule is Cc1nc(NCCC(=O)O)c2c(-c3ccc(Cl)cc3)csc2n1. The molecule has 2 heterocycles. The van der Waals surface area contributed by atoms with Gasteiger partial charge in [0.05, 0.1) is 11.8 Å². The van der Waals surface area contributed by atoms with Gasteiger partial charge < -0.3 is 10.4 Å². The van der Waals surface area contributed by atoms with E-state index in [0.717, 1.165) is 21.3 Å². The Morgan fingerprint density at radius 3 is 2.74 bits per heavy atom. The third-order valence-electron chi connectivity index (χ3n) is 3.33. The van der Waals surface area contributed by atoms with Crippen LogP contribution in [0.2, 0.25) is 5.02 Å². The Morgan fingerprint density at radius 2 is 2.04 bits per heavy atom. The van der Waals surface area contributed by atoms with Crippen molar-refractivity contribution in [1.29, 1.82) is 0 Å². The number of carbonyl (C=O) groups is 1. The molecule has 23 heavy (non-hydrogen) atoms. The molecule has 0 atom stereocenters. The standard InChI is InChI=1S/C16H14ClN3O2S/c1-9-19-15(18-7-6-13(21)22)14-12(8-23-16(14)20-9)10-2-4-11(17)5-3-10/h2-5,8H,6-7H2,1H3,(H,21,22)(H,18,19,20). The number of halogens is 1. The highest BCUT2D eigenvalue weighted by molar-refractivity contribution is 7.17. The molecular weight excluding hydrogens is 334 g/mol. The van der Waals surface area contributed by atoms with Crippen molar-refractivity contribution in [1.82, 2.24) is 9.97 Å². The molecule has 3 rings (SSSR count). The molecule has 0 saturated carbocycles. The summed E-state index contributed by atoms with van der Waals surface area (Å²) in [7, 11) is 0. The number of aryl methyl sites for hydroxylation is 1. The molecule has 0 unspecified atom stereocenters. The first-order valence-corrected chi connectivity index (χ1v) is 8.28. The number of rotatable bonds is 5. The lowest BCUT2D eigenvalue weighted by atomic mass is 10.1. The van der Waals surface area contributed by atoms with Crippen LogP contribution in [0.5, 0.6) is 0 Å². The maximum atomic E-state index is 10.7. The molecule has 0 amide bonds. The molecular formula is C16H14ClN3O2S. The summed E-state index contributed by atoms with van der Waals surface area (Å²) in [5, 5.41) is 15.5. The molecule has 1 aromatic carbocycles. The maximum Gasteiger partial charge on any atom is 0.305 e. The second-order valence-corrected chi connectivity index (χ2v) is 6.32. The highest BCUT2D eigenvalue weighted by Gasteiger charge is 2.14. The summed E-state index contributed by atoms with van der Waals surface area (Å²) in [6, 6.07) is 7.58. The van der Waals surface area contributed by atoms with E-state index in [0.29, 0.717) is 23.2 Å². The van der Waals surface area contributed by atoms with Gasteiger partial charge in [-0.2, -0.15) is 0 Å². The Labute approximate surface area is 142 Å². The molecule has 0 aliphatic rings. The number of carboxylic acids is 1. The van der Waals surface area contributed by atoms with E-state index in [9.17, 15) is 4.79 Å². The van der Waals surface area contributed by atoms with E-state index in [2.05, 4.69) is 15.3 Å². The van der Waals surface area contributed by atoms with Gasteiger partial charge in [0, 0.05) is 22.5 Å². The third-order valence-corrected chi connectivity index (χ3v) is 4.46. The number of aliphatic carboxylic acids is 1. The van der Waals surface area contributed by atoms with Crippen LogP contribution in [-0.4, -0.2) is 27.6 Å². The number of aromatic nitrogens is 2. The van der Waals surface area contributed by atoms with E-state index in [-0.39, 0.29) is 6.42 Å². The van der Waals surface area contributed by atoms with Gasteiger partial charge in [-0.15, -0.1) is 11.3 Å². The highest BCUT2D eigenvalue weighted by Crippen LogP contribution is 2.37. The lowest BCUT2D eigenvalue weighted by Crippen LogP contribution is -2.09. The molecule has 2 aromatic heterocycles. The molecule has 2 N–H and O–H groups in total. The largest absolute Gasteiger partial charge is 0.481 e. The number of hydrogen-bond acceptors (Lipinski definition) is 5. The van der Waals surface area contributed by atoms with E-state index in [1.807, 2.05) is 36.6 Å². The van der Waals surface area contributed by atoms with Crippen molar-refractivity contribution in [2.24, 2.45) is 0 Å².